The minimum Gasteiger partial charge on any atom is -0.490 e. The first-order valence-electron chi connectivity index (χ1n) is 6.49. The first-order valence-corrected chi connectivity index (χ1v) is 7.99. The molecular formula is C16H16BrClO2. The van der Waals surface area contributed by atoms with Crippen molar-refractivity contribution in [1.29, 1.82) is 0 Å². The molecule has 2 aromatic rings. The molecule has 0 saturated carbocycles. The number of ether oxygens (including phenoxy) is 2. The third kappa shape index (κ3) is 3.68. The van der Waals surface area contributed by atoms with E-state index in [1.807, 2.05) is 42.5 Å². The molecular weight excluding hydrogens is 340 g/mol. The summed E-state index contributed by atoms with van der Waals surface area (Å²) >= 11 is 9.67. The van der Waals surface area contributed by atoms with E-state index in [0.29, 0.717) is 28.5 Å². The zero-order valence-electron chi connectivity index (χ0n) is 11.2. The molecule has 20 heavy (non-hydrogen) atoms. The monoisotopic (exact) mass is 354 g/mol. The van der Waals surface area contributed by atoms with Gasteiger partial charge in [0, 0.05) is 10.9 Å². The third-order valence-electron chi connectivity index (χ3n) is 2.72. The Hall–Kier alpha value is -1.19. The van der Waals surface area contributed by atoms with Crippen molar-refractivity contribution in [1.82, 2.24) is 0 Å². The Morgan fingerprint density at radius 3 is 2.50 bits per heavy atom. The lowest BCUT2D eigenvalue weighted by molar-refractivity contribution is 0.302. The van der Waals surface area contributed by atoms with Gasteiger partial charge in [0.2, 0.25) is 0 Å². The van der Waals surface area contributed by atoms with Crippen LogP contribution in [0.15, 0.2) is 42.5 Å². The van der Waals surface area contributed by atoms with Crippen LogP contribution in [0.2, 0.25) is 5.02 Å². The second-order valence-electron chi connectivity index (χ2n) is 4.26. The SMILES string of the molecule is CCCOc1ccccc1Oc1c(Cl)cccc1CBr. The Balaban J connectivity index is 2.30. The first kappa shape index (κ1) is 15.2. The lowest BCUT2D eigenvalue weighted by atomic mass is 10.2. The molecule has 0 N–H and O–H groups in total. The first-order chi connectivity index (χ1) is 9.76. The van der Waals surface area contributed by atoms with Gasteiger partial charge in [0.05, 0.1) is 11.6 Å². The van der Waals surface area contributed by atoms with Crippen LogP contribution in [-0.2, 0) is 5.33 Å². The molecule has 106 valence electrons. The van der Waals surface area contributed by atoms with Gasteiger partial charge in [0.25, 0.3) is 0 Å². The minimum atomic E-state index is 0.590. The molecule has 4 heteroatoms. The largest absolute Gasteiger partial charge is 0.490 e. The van der Waals surface area contributed by atoms with Crippen molar-refractivity contribution in [3.05, 3.63) is 53.1 Å². The third-order valence-corrected chi connectivity index (χ3v) is 3.62. The predicted octanol–water partition coefficient (Wildman–Crippen LogP) is 5.82. The average molecular weight is 356 g/mol. The quantitative estimate of drug-likeness (QED) is 0.608. The van der Waals surface area contributed by atoms with Gasteiger partial charge in [-0.05, 0) is 24.6 Å². The highest BCUT2D eigenvalue weighted by Crippen LogP contribution is 2.37. The Kier molecular flexibility index (Phi) is 5.74. The molecule has 0 amide bonds. The predicted molar refractivity (Wildman–Crippen MR) is 86.4 cm³/mol. The van der Waals surface area contributed by atoms with Gasteiger partial charge in [-0.1, -0.05) is 58.7 Å². The number of hydrogen-bond acceptors (Lipinski definition) is 2. The molecule has 0 aliphatic heterocycles. The van der Waals surface area contributed by atoms with E-state index in [0.717, 1.165) is 17.7 Å². The molecule has 0 radical (unpaired) electrons. The van der Waals surface area contributed by atoms with Gasteiger partial charge in [-0.15, -0.1) is 0 Å². The van der Waals surface area contributed by atoms with E-state index in [-0.39, 0.29) is 0 Å². The molecule has 0 saturated heterocycles. The van der Waals surface area contributed by atoms with Gasteiger partial charge in [-0.3, -0.25) is 0 Å². The highest BCUT2D eigenvalue weighted by Gasteiger charge is 2.11. The Morgan fingerprint density at radius 2 is 1.80 bits per heavy atom. The van der Waals surface area contributed by atoms with Crippen LogP contribution in [0.1, 0.15) is 18.9 Å². The van der Waals surface area contributed by atoms with Gasteiger partial charge < -0.3 is 9.47 Å². The van der Waals surface area contributed by atoms with Gasteiger partial charge in [-0.2, -0.15) is 0 Å². The summed E-state index contributed by atoms with van der Waals surface area (Å²) in [6.07, 6.45) is 0.951. The number of rotatable bonds is 6. The van der Waals surface area contributed by atoms with E-state index in [1.54, 1.807) is 0 Å². The number of benzene rings is 2. The second-order valence-corrected chi connectivity index (χ2v) is 5.23. The lowest BCUT2D eigenvalue weighted by Gasteiger charge is -2.14. The molecule has 2 rings (SSSR count). The molecule has 2 aromatic carbocycles. The van der Waals surface area contributed by atoms with E-state index in [9.17, 15) is 0 Å². The van der Waals surface area contributed by atoms with Gasteiger partial charge in [0.15, 0.2) is 11.5 Å². The summed E-state index contributed by atoms with van der Waals surface area (Å²) in [6, 6.07) is 13.3. The molecule has 0 aliphatic carbocycles. The van der Waals surface area contributed by atoms with Crippen molar-refractivity contribution >= 4 is 27.5 Å². The summed E-state index contributed by atoms with van der Waals surface area (Å²) in [7, 11) is 0. The van der Waals surface area contributed by atoms with E-state index in [2.05, 4.69) is 22.9 Å². The number of alkyl halides is 1. The van der Waals surface area contributed by atoms with E-state index >= 15 is 0 Å². The molecule has 0 atom stereocenters. The fourth-order valence-corrected chi connectivity index (χ4v) is 2.42. The summed E-state index contributed by atoms with van der Waals surface area (Å²) in [5.41, 5.74) is 1.00. The molecule has 0 fully saturated rings. The summed E-state index contributed by atoms with van der Waals surface area (Å²) in [5.74, 6) is 2.07. The highest BCUT2D eigenvalue weighted by atomic mass is 79.9. The Morgan fingerprint density at radius 1 is 1.05 bits per heavy atom. The van der Waals surface area contributed by atoms with Gasteiger partial charge in [0.1, 0.15) is 5.75 Å². The van der Waals surface area contributed by atoms with Crippen LogP contribution in [0.3, 0.4) is 0 Å². The molecule has 0 aromatic heterocycles. The van der Waals surface area contributed by atoms with Crippen LogP contribution in [-0.4, -0.2) is 6.61 Å². The number of para-hydroxylation sites is 3. The zero-order valence-corrected chi connectivity index (χ0v) is 13.6. The minimum absolute atomic E-state index is 0.590. The van der Waals surface area contributed by atoms with Crippen molar-refractivity contribution in [2.24, 2.45) is 0 Å². The lowest BCUT2D eigenvalue weighted by Crippen LogP contribution is -1.98. The van der Waals surface area contributed by atoms with Crippen LogP contribution in [0.5, 0.6) is 17.2 Å². The maximum Gasteiger partial charge on any atom is 0.169 e. The molecule has 2 nitrogen and oxygen atoms in total. The second kappa shape index (κ2) is 7.55. The molecule has 0 spiro atoms. The summed E-state index contributed by atoms with van der Waals surface area (Å²) in [6.45, 7) is 2.73. The topological polar surface area (TPSA) is 18.5 Å². The van der Waals surface area contributed by atoms with Crippen molar-refractivity contribution in [3.8, 4) is 17.2 Å². The van der Waals surface area contributed by atoms with Crippen molar-refractivity contribution in [3.63, 3.8) is 0 Å². The number of halogens is 2. The van der Waals surface area contributed by atoms with Crippen LogP contribution in [0, 0.1) is 0 Å². The van der Waals surface area contributed by atoms with Gasteiger partial charge in [-0.25, -0.2) is 0 Å². The van der Waals surface area contributed by atoms with Crippen LogP contribution in [0.4, 0.5) is 0 Å². The normalized spacial score (nSPS) is 10.3. The summed E-state index contributed by atoms with van der Waals surface area (Å²) in [5, 5.41) is 1.27. The maximum atomic E-state index is 6.23. The van der Waals surface area contributed by atoms with Crippen molar-refractivity contribution in [2.75, 3.05) is 6.61 Å². The summed E-state index contributed by atoms with van der Waals surface area (Å²) in [4.78, 5) is 0. The summed E-state index contributed by atoms with van der Waals surface area (Å²) < 4.78 is 11.7. The van der Waals surface area contributed by atoms with Crippen LogP contribution < -0.4 is 9.47 Å². The standard InChI is InChI=1S/C16H16BrClO2/c1-2-10-19-14-8-3-4-9-15(14)20-16-12(11-17)6-5-7-13(16)18/h3-9H,2,10-11H2,1H3. The van der Waals surface area contributed by atoms with Crippen molar-refractivity contribution in [2.45, 2.75) is 18.7 Å². The van der Waals surface area contributed by atoms with E-state index < -0.39 is 0 Å². The van der Waals surface area contributed by atoms with Gasteiger partial charge >= 0.3 is 0 Å². The van der Waals surface area contributed by atoms with Crippen LogP contribution >= 0.6 is 27.5 Å². The number of hydrogen-bond donors (Lipinski definition) is 0. The van der Waals surface area contributed by atoms with Crippen molar-refractivity contribution < 1.29 is 9.47 Å². The Labute approximate surface area is 132 Å². The zero-order chi connectivity index (χ0) is 14.4. The molecule has 0 bridgehead atoms. The molecule has 0 aliphatic rings. The fraction of sp³-hybridized carbons (Fsp3) is 0.250. The average Bonchev–Trinajstić information content (AvgIpc) is 2.48. The van der Waals surface area contributed by atoms with Crippen LogP contribution in [0.25, 0.3) is 0 Å². The van der Waals surface area contributed by atoms with E-state index in [4.69, 9.17) is 21.1 Å². The highest BCUT2D eigenvalue weighted by molar-refractivity contribution is 9.08. The molecule has 0 unspecified atom stereocenters. The molecule has 0 heterocycles. The Bertz CT molecular complexity index is 572. The van der Waals surface area contributed by atoms with E-state index in [1.165, 1.54) is 0 Å². The smallest absolute Gasteiger partial charge is 0.169 e. The maximum absolute atomic E-state index is 6.23. The fourth-order valence-electron chi connectivity index (χ4n) is 1.75.